The summed E-state index contributed by atoms with van der Waals surface area (Å²) in [6, 6.07) is 21.8. The van der Waals surface area contributed by atoms with Crippen LogP contribution in [0.25, 0.3) is 33.3 Å². The highest BCUT2D eigenvalue weighted by Crippen LogP contribution is 2.43. The van der Waals surface area contributed by atoms with Gasteiger partial charge in [-0.2, -0.15) is 0 Å². The van der Waals surface area contributed by atoms with E-state index in [1.807, 2.05) is 36.4 Å². The number of ether oxygens (including phenoxy) is 1. The van der Waals surface area contributed by atoms with Crippen LogP contribution in [0.4, 0.5) is 11.4 Å². The molecule has 15 nitrogen and oxygen atoms in total. The molecule has 66 heavy (non-hydrogen) atoms. The minimum absolute atomic E-state index is 0.00171. The Bertz CT molecular complexity index is 2960. The van der Waals surface area contributed by atoms with Gasteiger partial charge in [0.15, 0.2) is 11.4 Å². The lowest BCUT2D eigenvalue weighted by molar-refractivity contribution is -0.386. The van der Waals surface area contributed by atoms with E-state index in [0.29, 0.717) is 34.5 Å². The van der Waals surface area contributed by atoms with Crippen molar-refractivity contribution in [3.63, 3.8) is 0 Å². The number of carbonyl (C=O) groups excluding carboxylic acids is 1. The second-order valence-corrected chi connectivity index (χ2v) is 21.2. The van der Waals surface area contributed by atoms with Crippen molar-refractivity contribution in [2.75, 3.05) is 37.6 Å². The molecule has 1 saturated heterocycles. The number of nitro benzene ring substituents is 1. The van der Waals surface area contributed by atoms with Crippen molar-refractivity contribution in [1.82, 2.24) is 34.7 Å². The van der Waals surface area contributed by atoms with Crippen LogP contribution in [0.1, 0.15) is 87.6 Å². The maximum atomic E-state index is 14.3. The lowest BCUT2D eigenvalue weighted by atomic mass is 9.72. The van der Waals surface area contributed by atoms with E-state index in [9.17, 15) is 23.3 Å². The number of anilines is 1. The van der Waals surface area contributed by atoms with Gasteiger partial charge < -0.3 is 15.0 Å². The molecule has 6 aromatic rings. The van der Waals surface area contributed by atoms with Gasteiger partial charge in [-0.25, -0.2) is 23.1 Å². The summed E-state index contributed by atoms with van der Waals surface area (Å²) < 4.78 is 37.9. The quantitative estimate of drug-likeness (QED) is 0.0744. The minimum Gasteiger partial charge on any atom is -0.484 e. The Balaban J connectivity index is 0.893. The molecule has 1 amide bonds. The Morgan fingerprint density at radius 1 is 0.955 bits per heavy atom. The standard InChI is InChI=1S/C49H54ClN9O6S/c1-49(2)19-17-33(41(28-49)31-3-5-34(50)6-4-31)30-56-21-23-57(24-22-56)37-11-15-40(43(26-37)58-44-25-32-18-20-51-47(32)54-42(44)29-52-58)48(60)55-66(63,64)39-14-16-46(45(27-39)59(61)62)65-38-12-9-36(10-13-38)53-35-7-8-35/h3-6,11,14-16,18,20,25-27,29,35-36,38,52-53H,7-10,12-13,17,19,21-24,28,30H2,1-2H3,(H,55,60). The number of piperazine rings is 1. The molecule has 0 spiro atoms. The molecule has 17 heteroatoms. The lowest BCUT2D eigenvalue weighted by Crippen LogP contribution is -2.47. The van der Waals surface area contributed by atoms with Crippen LogP contribution >= 0.6 is 11.6 Å². The van der Waals surface area contributed by atoms with Crippen LogP contribution in [0.15, 0.2) is 95.7 Å². The summed E-state index contributed by atoms with van der Waals surface area (Å²) in [5, 5.41) is 20.7. The summed E-state index contributed by atoms with van der Waals surface area (Å²) in [6.07, 6.45) is 12.0. The number of sulfonamides is 1. The van der Waals surface area contributed by atoms with Gasteiger partial charge in [-0.1, -0.05) is 43.2 Å². The zero-order valence-electron chi connectivity index (χ0n) is 37.1. The Morgan fingerprint density at radius 3 is 2.42 bits per heavy atom. The van der Waals surface area contributed by atoms with Gasteiger partial charge in [0.2, 0.25) is 0 Å². The maximum absolute atomic E-state index is 14.3. The fraction of sp³-hybridized carbons (Fsp3) is 0.408. The Kier molecular flexibility index (Phi) is 11.9. The highest BCUT2D eigenvalue weighted by atomic mass is 35.5. The van der Waals surface area contributed by atoms with E-state index in [4.69, 9.17) is 21.3 Å². The Hall–Kier alpha value is -5.81. The highest BCUT2D eigenvalue weighted by molar-refractivity contribution is 7.90. The molecule has 0 unspecified atom stereocenters. The predicted octanol–water partition coefficient (Wildman–Crippen LogP) is 8.81. The number of nitrogens with one attached hydrogen (secondary N) is 3. The molecular weight excluding hydrogens is 878 g/mol. The fourth-order valence-corrected chi connectivity index (χ4v) is 11.0. The topological polar surface area (TPSA) is 181 Å². The van der Waals surface area contributed by atoms with E-state index in [-0.39, 0.29) is 22.8 Å². The molecule has 3 aliphatic carbocycles. The molecule has 2 saturated carbocycles. The van der Waals surface area contributed by atoms with E-state index in [2.05, 4.69) is 55.9 Å². The summed E-state index contributed by atoms with van der Waals surface area (Å²) in [7, 11) is -4.59. The number of allylic oxidation sites excluding steroid dienone is 1. The number of H-pyrrole nitrogens is 1. The molecule has 1 aliphatic heterocycles. The number of amides is 1. The number of halogens is 1. The smallest absolute Gasteiger partial charge is 0.312 e. The summed E-state index contributed by atoms with van der Waals surface area (Å²) >= 11 is 6.27. The average molecular weight is 933 g/mol. The van der Waals surface area contributed by atoms with Crippen LogP contribution < -0.4 is 19.7 Å². The molecular formula is C49H54ClN9O6S. The maximum Gasteiger partial charge on any atom is 0.312 e. The highest BCUT2D eigenvalue weighted by Gasteiger charge is 2.33. The third kappa shape index (κ3) is 9.41. The number of aromatic nitrogens is 4. The van der Waals surface area contributed by atoms with Crippen molar-refractivity contribution < 1.29 is 22.9 Å². The number of fused-ring (bicyclic) bond motifs is 2. The molecule has 4 aliphatic rings. The monoisotopic (exact) mass is 931 g/mol. The van der Waals surface area contributed by atoms with E-state index >= 15 is 0 Å². The molecule has 10 rings (SSSR count). The van der Waals surface area contributed by atoms with Gasteiger partial charge in [0, 0.05) is 79.4 Å². The largest absolute Gasteiger partial charge is 0.484 e. The molecule has 344 valence electrons. The van der Waals surface area contributed by atoms with Crippen molar-refractivity contribution in [3.05, 3.63) is 117 Å². The number of nitro groups is 1. The SMILES string of the molecule is CC1(C)CCC(CN2CCN(c3ccc(C(=O)NS(=O)(=O)c4ccc(OC5CCC(NC6CC6)CC5)c([N+](=O)[O-])c4)c(-n4[nH]cc5nc6nccc6cc54)c3)CC2)=C(c2ccc(Cl)cc2)C1. The predicted molar refractivity (Wildman–Crippen MR) is 256 cm³/mol. The van der Waals surface area contributed by atoms with E-state index < -0.39 is 31.4 Å². The second kappa shape index (κ2) is 17.8. The van der Waals surface area contributed by atoms with Gasteiger partial charge in [0.1, 0.15) is 5.52 Å². The molecule has 3 fully saturated rings. The number of rotatable bonds is 13. The summed E-state index contributed by atoms with van der Waals surface area (Å²) in [5.74, 6) is -0.904. The molecule has 3 aromatic carbocycles. The van der Waals surface area contributed by atoms with Crippen molar-refractivity contribution in [2.24, 2.45) is 5.41 Å². The summed E-state index contributed by atoms with van der Waals surface area (Å²) in [6.45, 7) is 8.71. The number of hydrogen-bond acceptors (Lipinski definition) is 11. The van der Waals surface area contributed by atoms with Crippen LogP contribution in [0, 0.1) is 15.5 Å². The second-order valence-electron chi connectivity index (χ2n) is 19.1. The number of nitrogens with zero attached hydrogens (tertiary/aromatic N) is 6. The number of hydrogen-bond donors (Lipinski definition) is 3. The molecule has 3 aromatic heterocycles. The van der Waals surface area contributed by atoms with Gasteiger partial charge in [-0.05, 0) is 129 Å². The van der Waals surface area contributed by atoms with Crippen molar-refractivity contribution in [1.29, 1.82) is 0 Å². The van der Waals surface area contributed by atoms with E-state index in [0.717, 1.165) is 99.8 Å². The first-order chi connectivity index (χ1) is 31.7. The number of benzene rings is 3. The zero-order valence-corrected chi connectivity index (χ0v) is 38.7. The van der Waals surface area contributed by atoms with Crippen molar-refractivity contribution >= 4 is 66.5 Å². The van der Waals surface area contributed by atoms with Gasteiger partial charge in [0.05, 0.1) is 32.7 Å². The molecule has 0 atom stereocenters. The van der Waals surface area contributed by atoms with E-state index in [1.54, 1.807) is 23.1 Å². The number of pyridine rings is 1. The van der Waals surface area contributed by atoms with Gasteiger partial charge in [0.25, 0.3) is 15.9 Å². The van der Waals surface area contributed by atoms with Crippen molar-refractivity contribution in [2.45, 2.75) is 94.7 Å². The Labute approximate surface area is 388 Å². The van der Waals surface area contributed by atoms with Crippen LogP contribution in [0.3, 0.4) is 0 Å². The molecule has 0 radical (unpaired) electrons. The van der Waals surface area contributed by atoms with Crippen LogP contribution in [-0.2, 0) is 10.0 Å². The molecule has 4 heterocycles. The Morgan fingerprint density at radius 2 is 1.70 bits per heavy atom. The number of carbonyl (C=O) groups is 1. The zero-order chi connectivity index (χ0) is 45.7. The third-order valence-corrected chi connectivity index (χ3v) is 15.3. The first kappa shape index (κ1) is 44.0. The van der Waals surface area contributed by atoms with Crippen molar-refractivity contribution in [3.8, 4) is 11.4 Å². The molecule has 3 N–H and O–H groups in total. The average Bonchev–Trinajstić information content (AvgIpc) is 3.84. The van der Waals surface area contributed by atoms with E-state index in [1.165, 1.54) is 41.7 Å². The minimum atomic E-state index is -4.59. The van der Waals surface area contributed by atoms with Crippen LogP contribution in [0.5, 0.6) is 5.75 Å². The first-order valence-corrected chi connectivity index (χ1v) is 24.8. The normalized spacial score (nSPS) is 20.5. The van der Waals surface area contributed by atoms with Crippen LogP contribution in [-0.4, -0.2) is 94.8 Å². The van der Waals surface area contributed by atoms with Crippen LogP contribution in [0.2, 0.25) is 5.02 Å². The third-order valence-electron chi connectivity index (χ3n) is 13.7. The van der Waals surface area contributed by atoms with Gasteiger partial charge in [-0.3, -0.25) is 29.6 Å². The van der Waals surface area contributed by atoms with Gasteiger partial charge in [-0.15, -0.1) is 0 Å². The first-order valence-electron chi connectivity index (χ1n) is 22.9. The van der Waals surface area contributed by atoms with Gasteiger partial charge >= 0.3 is 5.69 Å². The molecule has 0 bridgehead atoms. The fourth-order valence-electron chi connectivity index (χ4n) is 9.86. The number of aromatic amines is 1. The lowest BCUT2D eigenvalue weighted by Gasteiger charge is -2.39. The summed E-state index contributed by atoms with van der Waals surface area (Å²) in [4.78, 5) is 39.3. The summed E-state index contributed by atoms with van der Waals surface area (Å²) in [5.41, 5.74) is 7.05.